The van der Waals surface area contributed by atoms with Gasteiger partial charge in [0.15, 0.2) is 0 Å². The molecular weight excluding hydrogens is 230 g/mol. The monoisotopic (exact) mass is 247 g/mol. The molecular formula is C13H17N3O2. The Labute approximate surface area is 106 Å². The SMILES string of the molecule is C=CCC(N)C(=O)Nc1ccc(CC(N)=O)cc1. The molecule has 18 heavy (non-hydrogen) atoms. The van der Waals surface area contributed by atoms with E-state index in [2.05, 4.69) is 11.9 Å². The number of benzene rings is 1. The number of carbonyl (C=O) groups is 2. The minimum absolute atomic E-state index is 0.185. The fourth-order valence-electron chi connectivity index (χ4n) is 1.43. The zero-order valence-electron chi connectivity index (χ0n) is 10.1. The van der Waals surface area contributed by atoms with Crippen LogP contribution in [0.2, 0.25) is 0 Å². The number of carbonyl (C=O) groups excluding carboxylic acids is 2. The maximum atomic E-state index is 11.6. The quantitative estimate of drug-likeness (QED) is 0.640. The molecule has 0 spiro atoms. The predicted molar refractivity (Wildman–Crippen MR) is 70.8 cm³/mol. The molecule has 0 fully saturated rings. The number of hydrogen-bond donors (Lipinski definition) is 3. The van der Waals surface area contributed by atoms with Crippen LogP contribution < -0.4 is 16.8 Å². The highest BCUT2D eigenvalue weighted by Crippen LogP contribution is 2.10. The zero-order valence-corrected chi connectivity index (χ0v) is 10.1. The highest BCUT2D eigenvalue weighted by atomic mass is 16.2. The summed E-state index contributed by atoms with van der Waals surface area (Å²) < 4.78 is 0. The molecule has 1 aromatic rings. The van der Waals surface area contributed by atoms with Gasteiger partial charge in [-0.2, -0.15) is 0 Å². The highest BCUT2D eigenvalue weighted by molar-refractivity contribution is 5.94. The van der Waals surface area contributed by atoms with Gasteiger partial charge in [-0.15, -0.1) is 6.58 Å². The Morgan fingerprint density at radius 3 is 2.44 bits per heavy atom. The summed E-state index contributed by atoms with van der Waals surface area (Å²) in [5.74, 6) is -0.655. The molecule has 0 aliphatic carbocycles. The third-order valence-electron chi connectivity index (χ3n) is 2.36. The van der Waals surface area contributed by atoms with E-state index in [1.807, 2.05) is 0 Å². The second-order valence-electron chi connectivity index (χ2n) is 3.96. The Morgan fingerprint density at radius 2 is 1.94 bits per heavy atom. The van der Waals surface area contributed by atoms with Crippen molar-refractivity contribution < 1.29 is 9.59 Å². The first-order valence-electron chi connectivity index (χ1n) is 5.57. The van der Waals surface area contributed by atoms with Gasteiger partial charge in [-0.05, 0) is 24.1 Å². The van der Waals surface area contributed by atoms with Crippen molar-refractivity contribution >= 4 is 17.5 Å². The van der Waals surface area contributed by atoms with E-state index < -0.39 is 6.04 Å². The predicted octanol–water partition coefficient (Wildman–Crippen LogP) is 0.556. The van der Waals surface area contributed by atoms with Crippen LogP contribution in [0.4, 0.5) is 5.69 Å². The van der Waals surface area contributed by atoms with Crippen molar-refractivity contribution in [1.29, 1.82) is 0 Å². The summed E-state index contributed by atoms with van der Waals surface area (Å²) in [7, 11) is 0. The van der Waals surface area contributed by atoms with E-state index in [4.69, 9.17) is 11.5 Å². The molecule has 1 aromatic carbocycles. The fraction of sp³-hybridized carbons (Fsp3) is 0.231. The third-order valence-corrected chi connectivity index (χ3v) is 2.36. The van der Waals surface area contributed by atoms with Crippen LogP contribution in [0.3, 0.4) is 0 Å². The third kappa shape index (κ3) is 4.39. The molecule has 0 radical (unpaired) electrons. The average molecular weight is 247 g/mol. The maximum Gasteiger partial charge on any atom is 0.241 e. The number of nitrogens with one attached hydrogen (secondary N) is 1. The Bertz CT molecular complexity index is 440. The summed E-state index contributed by atoms with van der Waals surface area (Å²) >= 11 is 0. The van der Waals surface area contributed by atoms with Crippen molar-refractivity contribution in [2.45, 2.75) is 18.9 Å². The van der Waals surface area contributed by atoms with Crippen molar-refractivity contribution in [2.75, 3.05) is 5.32 Å². The van der Waals surface area contributed by atoms with Gasteiger partial charge in [-0.1, -0.05) is 18.2 Å². The normalized spacial score (nSPS) is 11.6. The van der Waals surface area contributed by atoms with E-state index in [1.165, 1.54) is 0 Å². The van der Waals surface area contributed by atoms with Gasteiger partial charge in [0, 0.05) is 5.69 Å². The first-order chi connectivity index (χ1) is 8.52. The first kappa shape index (κ1) is 13.9. The summed E-state index contributed by atoms with van der Waals surface area (Å²) in [5.41, 5.74) is 12.1. The van der Waals surface area contributed by atoms with Crippen LogP contribution in [0.25, 0.3) is 0 Å². The summed E-state index contributed by atoms with van der Waals surface area (Å²) in [4.78, 5) is 22.3. The van der Waals surface area contributed by atoms with Crippen LogP contribution in [0, 0.1) is 0 Å². The number of anilines is 1. The van der Waals surface area contributed by atoms with Crippen LogP contribution in [0.5, 0.6) is 0 Å². The molecule has 1 rings (SSSR count). The van der Waals surface area contributed by atoms with E-state index in [0.717, 1.165) is 5.56 Å². The summed E-state index contributed by atoms with van der Waals surface area (Å²) in [6.45, 7) is 3.53. The Morgan fingerprint density at radius 1 is 1.33 bits per heavy atom. The number of amides is 2. The van der Waals surface area contributed by atoms with Crippen LogP contribution in [0.15, 0.2) is 36.9 Å². The van der Waals surface area contributed by atoms with Crippen molar-refractivity contribution in [3.05, 3.63) is 42.5 Å². The number of rotatable bonds is 6. The van der Waals surface area contributed by atoms with Crippen molar-refractivity contribution in [1.82, 2.24) is 0 Å². The second-order valence-corrected chi connectivity index (χ2v) is 3.96. The maximum absolute atomic E-state index is 11.6. The van der Waals surface area contributed by atoms with E-state index in [9.17, 15) is 9.59 Å². The van der Waals surface area contributed by atoms with Gasteiger partial charge >= 0.3 is 0 Å². The smallest absolute Gasteiger partial charge is 0.241 e. The summed E-state index contributed by atoms with van der Waals surface area (Å²) in [6, 6.07) is 6.28. The Hall–Kier alpha value is -2.14. The Kier molecular flexibility index (Phi) is 5.07. The number of hydrogen-bond acceptors (Lipinski definition) is 3. The van der Waals surface area contributed by atoms with Gasteiger partial charge in [0.05, 0.1) is 12.5 Å². The lowest BCUT2D eigenvalue weighted by molar-refractivity contribution is -0.118. The topological polar surface area (TPSA) is 98.2 Å². The second kappa shape index (κ2) is 6.56. The van der Waals surface area contributed by atoms with E-state index in [1.54, 1.807) is 30.3 Å². The molecule has 5 N–H and O–H groups in total. The number of primary amides is 1. The van der Waals surface area contributed by atoms with Crippen LogP contribution >= 0.6 is 0 Å². The molecule has 1 atom stereocenters. The van der Waals surface area contributed by atoms with Crippen molar-refractivity contribution in [2.24, 2.45) is 11.5 Å². The summed E-state index contributed by atoms with van der Waals surface area (Å²) in [6.07, 6.45) is 2.20. The lowest BCUT2D eigenvalue weighted by atomic mass is 10.1. The molecule has 0 saturated carbocycles. The van der Waals surface area contributed by atoms with E-state index >= 15 is 0 Å². The van der Waals surface area contributed by atoms with Crippen molar-refractivity contribution in [3.8, 4) is 0 Å². The van der Waals surface area contributed by atoms with Gasteiger partial charge in [0.25, 0.3) is 0 Å². The number of nitrogens with two attached hydrogens (primary N) is 2. The standard InChI is InChI=1S/C13H17N3O2/c1-2-3-11(14)13(18)16-10-6-4-9(5-7-10)8-12(15)17/h2,4-7,11H,1,3,8,14H2,(H2,15,17)(H,16,18). The van der Waals surface area contributed by atoms with Gasteiger partial charge in [-0.3, -0.25) is 9.59 Å². The van der Waals surface area contributed by atoms with Gasteiger partial charge in [-0.25, -0.2) is 0 Å². The lowest BCUT2D eigenvalue weighted by Crippen LogP contribution is -2.35. The molecule has 2 amide bonds. The fourth-order valence-corrected chi connectivity index (χ4v) is 1.43. The largest absolute Gasteiger partial charge is 0.369 e. The van der Waals surface area contributed by atoms with E-state index in [-0.39, 0.29) is 18.2 Å². The molecule has 96 valence electrons. The molecule has 0 bridgehead atoms. The summed E-state index contributed by atoms with van der Waals surface area (Å²) in [5, 5.41) is 2.68. The molecule has 0 saturated heterocycles. The minimum Gasteiger partial charge on any atom is -0.369 e. The van der Waals surface area contributed by atoms with Crippen LogP contribution in [-0.2, 0) is 16.0 Å². The van der Waals surface area contributed by atoms with Gasteiger partial charge in [0.2, 0.25) is 11.8 Å². The average Bonchev–Trinajstić information content (AvgIpc) is 2.31. The van der Waals surface area contributed by atoms with Gasteiger partial charge < -0.3 is 16.8 Å². The van der Waals surface area contributed by atoms with Crippen molar-refractivity contribution in [3.63, 3.8) is 0 Å². The first-order valence-corrected chi connectivity index (χ1v) is 5.57. The zero-order chi connectivity index (χ0) is 13.5. The Balaban J connectivity index is 2.60. The molecule has 0 aliphatic heterocycles. The minimum atomic E-state index is -0.604. The van der Waals surface area contributed by atoms with Gasteiger partial charge in [0.1, 0.15) is 0 Å². The lowest BCUT2D eigenvalue weighted by Gasteiger charge is -2.10. The van der Waals surface area contributed by atoms with E-state index in [0.29, 0.717) is 12.1 Å². The molecule has 0 aromatic heterocycles. The molecule has 5 nitrogen and oxygen atoms in total. The molecule has 0 aliphatic rings. The highest BCUT2D eigenvalue weighted by Gasteiger charge is 2.11. The molecule has 0 heterocycles. The molecule has 1 unspecified atom stereocenters. The van der Waals surface area contributed by atoms with Crippen LogP contribution in [0.1, 0.15) is 12.0 Å². The van der Waals surface area contributed by atoms with Crippen LogP contribution in [-0.4, -0.2) is 17.9 Å². The molecule has 5 heteroatoms.